The number of aliphatic carboxylic acids is 1. The van der Waals surface area contributed by atoms with Crippen molar-refractivity contribution in [3.63, 3.8) is 0 Å². The molecule has 0 spiro atoms. The van der Waals surface area contributed by atoms with E-state index in [-0.39, 0.29) is 5.92 Å². The van der Waals surface area contributed by atoms with E-state index in [1.165, 1.54) is 23.5 Å². The molecule has 0 fully saturated rings. The summed E-state index contributed by atoms with van der Waals surface area (Å²) in [7, 11) is 0. The number of aromatic amines is 1. The molecule has 0 aliphatic carbocycles. The number of hydrogen-bond donors (Lipinski definition) is 3. The number of rotatable bonds is 5. The van der Waals surface area contributed by atoms with Crippen molar-refractivity contribution in [2.24, 2.45) is 0 Å². The Labute approximate surface area is 215 Å². The maximum atomic E-state index is 12.7. The number of carboxylic acids is 1. The van der Waals surface area contributed by atoms with Gasteiger partial charge in [-0.25, -0.2) is 4.79 Å². The van der Waals surface area contributed by atoms with Crippen molar-refractivity contribution in [3.8, 4) is 11.8 Å². The maximum absolute atomic E-state index is 12.7. The Morgan fingerprint density at radius 1 is 1.00 bits per heavy atom. The highest BCUT2D eigenvalue weighted by atomic mass is 32.1. The molecule has 2 atom stereocenters. The van der Waals surface area contributed by atoms with Crippen molar-refractivity contribution in [2.75, 3.05) is 5.32 Å². The fourth-order valence-electron chi connectivity index (χ4n) is 3.56. The summed E-state index contributed by atoms with van der Waals surface area (Å²) in [6.07, 6.45) is -2.55. The van der Waals surface area contributed by atoms with E-state index in [0.29, 0.717) is 15.4 Å². The van der Waals surface area contributed by atoms with E-state index >= 15 is 0 Å². The van der Waals surface area contributed by atoms with E-state index in [1.54, 1.807) is 12.1 Å². The van der Waals surface area contributed by atoms with Gasteiger partial charge in [0.05, 0.1) is 15.4 Å². The lowest BCUT2D eigenvalue weighted by atomic mass is 9.93. The van der Waals surface area contributed by atoms with Crippen LogP contribution in [0.2, 0.25) is 0 Å². The Morgan fingerprint density at radius 2 is 1.65 bits per heavy atom. The van der Waals surface area contributed by atoms with E-state index in [9.17, 15) is 23.1 Å². The average Bonchev–Trinajstić information content (AvgIpc) is 3.54. The third-order valence-corrected chi connectivity index (χ3v) is 6.26. The summed E-state index contributed by atoms with van der Waals surface area (Å²) >= 11 is 1.29. The molecule has 2 aromatic heterocycles. The van der Waals surface area contributed by atoms with Gasteiger partial charge in [0, 0.05) is 28.6 Å². The number of carboxylic acid groups (broad SMARTS) is 1. The molecule has 192 valence electrons. The molecule has 37 heavy (non-hydrogen) atoms. The van der Waals surface area contributed by atoms with Crippen LogP contribution in [0.15, 0.2) is 66.9 Å². The molecular formula is C27H23F3N2O4S. The average molecular weight is 529 g/mol. The second-order valence-corrected chi connectivity index (χ2v) is 8.61. The van der Waals surface area contributed by atoms with Crippen LogP contribution in [-0.2, 0) is 20.6 Å². The van der Waals surface area contributed by atoms with Crippen LogP contribution in [0, 0.1) is 11.8 Å². The normalized spacial score (nSPS) is 12.0. The number of thiophene rings is 1. The predicted molar refractivity (Wildman–Crippen MR) is 138 cm³/mol. The van der Waals surface area contributed by atoms with Crippen LogP contribution < -0.4 is 5.32 Å². The molecule has 4 rings (SSSR count). The summed E-state index contributed by atoms with van der Waals surface area (Å²) in [6.45, 7) is 5.86. The fourth-order valence-corrected chi connectivity index (χ4v) is 4.36. The standard InChI is InChI=1S/C25H19F3N2O2S.2CH2O/c1-15(20-14-29-21-5-3-2-4-19(20)21)23(24(31)32)30-22-13-12-18(33-22)11-8-16-6-9-17(10-7-16)25(26,27)28;2*1-2/h2-7,9-10,12-15,23,29-30H,1H3,(H,31,32);2*1H2/t15?,23-;;/m1../s1. The Kier molecular flexibility index (Phi) is 10.2. The van der Waals surface area contributed by atoms with Crippen molar-refractivity contribution in [1.29, 1.82) is 0 Å². The molecule has 2 aromatic carbocycles. The van der Waals surface area contributed by atoms with Crippen LogP contribution in [0.1, 0.15) is 34.4 Å². The lowest BCUT2D eigenvalue weighted by molar-refractivity contribution is -0.138. The van der Waals surface area contributed by atoms with Crippen LogP contribution in [0.3, 0.4) is 0 Å². The van der Waals surface area contributed by atoms with Crippen LogP contribution >= 0.6 is 11.3 Å². The molecule has 0 saturated heterocycles. The third kappa shape index (κ3) is 7.32. The lowest BCUT2D eigenvalue weighted by Gasteiger charge is -2.21. The minimum absolute atomic E-state index is 0.317. The maximum Gasteiger partial charge on any atom is 0.416 e. The highest BCUT2D eigenvalue weighted by Gasteiger charge is 2.30. The zero-order valence-electron chi connectivity index (χ0n) is 19.6. The van der Waals surface area contributed by atoms with Gasteiger partial charge in [-0.15, -0.1) is 11.3 Å². The smallest absolute Gasteiger partial charge is 0.416 e. The number of carbonyl (C=O) groups excluding carboxylic acids is 2. The Morgan fingerprint density at radius 3 is 2.27 bits per heavy atom. The van der Waals surface area contributed by atoms with Crippen molar-refractivity contribution in [3.05, 3.63) is 88.4 Å². The molecule has 2 heterocycles. The minimum Gasteiger partial charge on any atom is -0.480 e. The fraction of sp³-hybridized carbons (Fsp3) is 0.148. The summed E-state index contributed by atoms with van der Waals surface area (Å²) < 4.78 is 38.0. The van der Waals surface area contributed by atoms with Crippen LogP contribution in [-0.4, -0.2) is 35.7 Å². The van der Waals surface area contributed by atoms with E-state index < -0.39 is 23.8 Å². The molecule has 1 unspecified atom stereocenters. The first-order chi connectivity index (χ1) is 17.7. The zero-order valence-corrected chi connectivity index (χ0v) is 20.5. The number of para-hydroxylation sites is 1. The van der Waals surface area contributed by atoms with Gasteiger partial charge in [-0.3, -0.25) is 0 Å². The highest BCUT2D eigenvalue weighted by molar-refractivity contribution is 7.16. The number of nitrogens with one attached hydrogen (secondary N) is 2. The monoisotopic (exact) mass is 528 g/mol. The third-order valence-electron chi connectivity index (χ3n) is 5.32. The number of anilines is 1. The largest absolute Gasteiger partial charge is 0.480 e. The molecule has 0 saturated carbocycles. The molecule has 4 aromatic rings. The van der Waals surface area contributed by atoms with Crippen molar-refractivity contribution < 1.29 is 32.7 Å². The van der Waals surface area contributed by atoms with Gasteiger partial charge >= 0.3 is 12.1 Å². The topological polar surface area (TPSA) is 99.3 Å². The van der Waals surface area contributed by atoms with Gasteiger partial charge < -0.3 is 25.0 Å². The van der Waals surface area contributed by atoms with Crippen LogP contribution in [0.4, 0.5) is 18.2 Å². The zero-order chi connectivity index (χ0) is 27.6. The predicted octanol–water partition coefficient (Wildman–Crippen LogP) is 5.95. The second kappa shape index (κ2) is 13.1. The summed E-state index contributed by atoms with van der Waals surface area (Å²) in [5.41, 5.74) is 1.59. The number of benzene rings is 2. The number of alkyl halides is 3. The molecule has 10 heteroatoms. The first-order valence-electron chi connectivity index (χ1n) is 10.6. The Hall–Kier alpha value is -4.36. The molecule has 0 amide bonds. The van der Waals surface area contributed by atoms with E-state index in [1.807, 2.05) is 51.0 Å². The summed E-state index contributed by atoms with van der Waals surface area (Å²) in [4.78, 5) is 31.9. The van der Waals surface area contributed by atoms with Crippen LogP contribution in [0.5, 0.6) is 0 Å². The van der Waals surface area contributed by atoms with Gasteiger partial charge in [-0.2, -0.15) is 13.2 Å². The minimum atomic E-state index is -4.38. The van der Waals surface area contributed by atoms with Gasteiger partial charge in [0.15, 0.2) is 0 Å². The van der Waals surface area contributed by atoms with Crippen molar-refractivity contribution in [1.82, 2.24) is 4.98 Å². The molecule has 0 aliphatic rings. The molecule has 3 N–H and O–H groups in total. The molecule has 0 bridgehead atoms. The number of fused-ring (bicyclic) bond motifs is 1. The van der Waals surface area contributed by atoms with Crippen molar-refractivity contribution in [2.45, 2.75) is 25.1 Å². The molecule has 0 aliphatic heterocycles. The Balaban J connectivity index is 0.00000115. The van der Waals surface area contributed by atoms with E-state index in [4.69, 9.17) is 9.59 Å². The number of hydrogen-bond acceptors (Lipinski definition) is 5. The summed E-state index contributed by atoms with van der Waals surface area (Å²) in [5, 5.41) is 14.5. The molecule has 0 radical (unpaired) electrons. The van der Waals surface area contributed by atoms with Gasteiger partial charge in [-0.1, -0.05) is 37.0 Å². The number of H-pyrrole nitrogens is 1. The van der Waals surface area contributed by atoms with Gasteiger partial charge in [0.25, 0.3) is 0 Å². The van der Waals surface area contributed by atoms with Gasteiger partial charge in [0.2, 0.25) is 0 Å². The number of halogens is 3. The Bertz CT molecular complexity index is 1380. The summed E-state index contributed by atoms with van der Waals surface area (Å²) in [6, 6.07) is 15.0. The number of carbonyl (C=O) groups is 3. The van der Waals surface area contributed by atoms with Gasteiger partial charge in [-0.05, 0) is 48.0 Å². The quantitative estimate of drug-likeness (QED) is 0.278. The second-order valence-electron chi connectivity index (χ2n) is 7.53. The summed E-state index contributed by atoms with van der Waals surface area (Å²) in [5.74, 6) is 4.47. The number of aromatic nitrogens is 1. The van der Waals surface area contributed by atoms with Crippen LogP contribution in [0.25, 0.3) is 10.9 Å². The SMILES string of the molecule is C=O.C=O.CC(c1c[nH]c2ccccc12)[C@@H](Nc1ccc(C#Cc2ccc(C(F)(F)F)cc2)s1)C(=O)O. The first-order valence-corrected chi connectivity index (χ1v) is 11.5. The van der Waals surface area contributed by atoms with Gasteiger partial charge in [0.1, 0.15) is 19.6 Å². The van der Waals surface area contributed by atoms with E-state index in [0.717, 1.165) is 28.6 Å². The molecule has 6 nitrogen and oxygen atoms in total. The first kappa shape index (κ1) is 28.9. The highest BCUT2D eigenvalue weighted by Crippen LogP contribution is 2.31. The van der Waals surface area contributed by atoms with Crippen molar-refractivity contribution >= 4 is 46.8 Å². The van der Waals surface area contributed by atoms with E-state index in [2.05, 4.69) is 22.1 Å². The molecular weight excluding hydrogens is 505 g/mol. The lowest BCUT2D eigenvalue weighted by Crippen LogP contribution is -2.34.